The topological polar surface area (TPSA) is 40.6 Å². The second kappa shape index (κ2) is 8.37. The van der Waals surface area contributed by atoms with E-state index in [1.54, 1.807) is 0 Å². The monoisotopic (exact) mass is 396 g/mol. The smallest absolute Gasteiger partial charge is 0.176 e. The van der Waals surface area contributed by atoms with E-state index >= 15 is 0 Å². The summed E-state index contributed by atoms with van der Waals surface area (Å²) >= 11 is 0. The van der Waals surface area contributed by atoms with Crippen LogP contribution in [0.15, 0.2) is 102 Å². The van der Waals surface area contributed by atoms with Crippen molar-refractivity contribution in [3.8, 4) is 0 Å². The number of allylic oxidation sites excluding steroid dienone is 1. The molecule has 1 aliphatic heterocycles. The SMILES string of the molecule is CC(=O)C1=C(C(C)=O)N(c2ccccc2)C(c2ccccc2)N(c2ccccc2)C1. The van der Waals surface area contributed by atoms with Crippen LogP contribution in [0.5, 0.6) is 0 Å². The first kappa shape index (κ1) is 19.6. The van der Waals surface area contributed by atoms with Crippen LogP contribution in [0.2, 0.25) is 0 Å². The number of hydrogen-bond acceptors (Lipinski definition) is 4. The van der Waals surface area contributed by atoms with Crippen molar-refractivity contribution in [3.05, 3.63) is 108 Å². The molecule has 0 fully saturated rings. The van der Waals surface area contributed by atoms with Crippen molar-refractivity contribution < 1.29 is 9.59 Å². The van der Waals surface area contributed by atoms with Crippen molar-refractivity contribution in [2.45, 2.75) is 20.0 Å². The van der Waals surface area contributed by atoms with Gasteiger partial charge in [-0.1, -0.05) is 66.7 Å². The maximum absolute atomic E-state index is 12.8. The van der Waals surface area contributed by atoms with E-state index in [4.69, 9.17) is 0 Å². The van der Waals surface area contributed by atoms with Gasteiger partial charge in [0.2, 0.25) is 0 Å². The third kappa shape index (κ3) is 3.64. The minimum atomic E-state index is -0.266. The summed E-state index contributed by atoms with van der Waals surface area (Å²) in [6.07, 6.45) is -0.266. The summed E-state index contributed by atoms with van der Waals surface area (Å²) in [5, 5.41) is 0. The third-order valence-electron chi connectivity index (χ3n) is 5.37. The molecule has 0 amide bonds. The van der Waals surface area contributed by atoms with Crippen LogP contribution < -0.4 is 9.80 Å². The lowest BCUT2D eigenvalue weighted by atomic mass is 9.96. The normalized spacial score (nSPS) is 16.5. The van der Waals surface area contributed by atoms with Gasteiger partial charge in [-0.3, -0.25) is 9.59 Å². The first-order valence-electron chi connectivity index (χ1n) is 10.0. The number of nitrogens with zero attached hydrogens (tertiary/aromatic N) is 2. The van der Waals surface area contributed by atoms with Gasteiger partial charge in [-0.05, 0) is 36.8 Å². The number of hydrogen-bond donors (Lipinski definition) is 0. The number of rotatable bonds is 5. The van der Waals surface area contributed by atoms with Crippen LogP contribution >= 0.6 is 0 Å². The summed E-state index contributed by atoms with van der Waals surface area (Å²) in [5.74, 6) is -0.203. The highest BCUT2D eigenvalue weighted by Crippen LogP contribution is 2.41. The highest BCUT2D eigenvalue weighted by molar-refractivity contribution is 6.08. The minimum absolute atomic E-state index is 0.0893. The molecule has 150 valence electrons. The molecule has 3 aromatic rings. The van der Waals surface area contributed by atoms with Crippen LogP contribution in [0.4, 0.5) is 11.4 Å². The molecule has 0 N–H and O–H groups in total. The van der Waals surface area contributed by atoms with Gasteiger partial charge in [-0.25, -0.2) is 0 Å². The molecule has 0 aliphatic carbocycles. The van der Waals surface area contributed by atoms with Crippen molar-refractivity contribution in [2.24, 2.45) is 0 Å². The Hall–Kier alpha value is -3.66. The number of carbonyl (C=O) groups excluding carboxylic acids is 2. The van der Waals surface area contributed by atoms with Gasteiger partial charge in [0.25, 0.3) is 0 Å². The van der Waals surface area contributed by atoms with Gasteiger partial charge in [-0.15, -0.1) is 0 Å². The Morgan fingerprint density at radius 2 is 1.20 bits per heavy atom. The molecular formula is C26H24N2O2. The van der Waals surface area contributed by atoms with Crippen molar-refractivity contribution >= 4 is 22.9 Å². The lowest BCUT2D eigenvalue weighted by Crippen LogP contribution is -2.49. The largest absolute Gasteiger partial charge is 0.342 e. The predicted molar refractivity (Wildman–Crippen MR) is 120 cm³/mol. The fraction of sp³-hybridized carbons (Fsp3) is 0.154. The lowest BCUT2D eigenvalue weighted by Gasteiger charge is -2.47. The summed E-state index contributed by atoms with van der Waals surface area (Å²) in [5.41, 5.74) is 3.91. The Labute approximate surface area is 177 Å². The summed E-state index contributed by atoms with van der Waals surface area (Å²) < 4.78 is 0. The molecule has 0 aromatic heterocycles. The molecule has 0 saturated heterocycles. The number of Topliss-reactive ketones (excluding diaryl/α,β-unsaturated/α-hetero) is 2. The number of carbonyl (C=O) groups is 2. The second-order valence-corrected chi connectivity index (χ2v) is 7.39. The quantitative estimate of drug-likeness (QED) is 0.598. The minimum Gasteiger partial charge on any atom is -0.342 e. The molecular weight excluding hydrogens is 372 g/mol. The second-order valence-electron chi connectivity index (χ2n) is 7.39. The van der Waals surface area contributed by atoms with E-state index in [0.717, 1.165) is 16.9 Å². The molecule has 1 unspecified atom stereocenters. The fourth-order valence-corrected chi connectivity index (χ4v) is 4.06. The van der Waals surface area contributed by atoms with Crippen LogP contribution in [0.25, 0.3) is 0 Å². The molecule has 30 heavy (non-hydrogen) atoms. The van der Waals surface area contributed by atoms with Crippen molar-refractivity contribution in [1.82, 2.24) is 0 Å². The highest BCUT2D eigenvalue weighted by atomic mass is 16.1. The lowest BCUT2D eigenvalue weighted by molar-refractivity contribution is -0.116. The summed E-state index contributed by atoms with van der Waals surface area (Å²) in [6, 6.07) is 29.9. The fourth-order valence-electron chi connectivity index (χ4n) is 4.06. The molecule has 0 radical (unpaired) electrons. The van der Waals surface area contributed by atoms with Gasteiger partial charge in [0.05, 0.1) is 12.2 Å². The number of anilines is 2. The Morgan fingerprint density at radius 3 is 1.70 bits per heavy atom. The van der Waals surface area contributed by atoms with Crippen LogP contribution in [0.3, 0.4) is 0 Å². The molecule has 4 heteroatoms. The zero-order valence-corrected chi connectivity index (χ0v) is 17.2. The van der Waals surface area contributed by atoms with Gasteiger partial charge in [-0.2, -0.15) is 0 Å². The molecule has 0 spiro atoms. The standard InChI is InChI=1S/C26H24N2O2/c1-19(29)24-18-27(22-14-8-4-9-15-22)26(21-12-6-3-7-13-21)28(25(24)20(2)30)23-16-10-5-11-17-23/h3-17,26H,18H2,1-2H3. The highest BCUT2D eigenvalue weighted by Gasteiger charge is 2.39. The van der Waals surface area contributed by atoms with E-state index in [0.29, 0.717) is 17.8 Å². The average molecular weight is 396 g/mol. The maximum Gasteiger partial charge on any atom is 0.176 e. The molecule has 4 nitrogen and oxygen atoms in total. The molecule has 1 aliphatic rings. The van der Waals surface area contributed by atoms with Crippen molar-refractivity contribution in [1.29, 1.82) is 0 Å². The van der Waals surface area contributed by atoms with Gasteiger partial charge >= 0.3 is 0 Å². The third-order valence-corrected chi connectivity index (χ3v) is 5.37. The summed E-state index contributed by atoms with van der Waals surface area (Å²) in [6.45, 7) is 3.44. The van der Waals surface area contributed by atoms with Gasteiger partial charge in [0.15, 0.2) is 11.6 Å². The van der Waals surface area contributed by atoms with E-state index in [1.807, 2.05) is 83.8 Å². The molecule has 0 bridgehead atoms. The molecule has 4 rings (SSSR count). The number of ketones is 2. The molecule has 1 atom stereocenters. The first-order valence-corrected chi connectivity index (χ1v) is 10.0. The zero-order valence-electron chi connectivity index (χ0n) is 17.2. The van der Waals surface area contributed by atoms with Crippen molar-refractivity contribution in [2.75, 3.05) is 16.3 Å². The van der Waals surface area contributed by atoms with Gasteiger partial charge < -0.3 is 9.80 Å². The first-order chi connectivity index (χ1) is 14.6. The van der Waals surface area contributed by atoms with Crippen LogP contribution in [-0.2, 0) is 9.59 Å². The Balaban J connectivity index is 2.02. The number of para-hydroxylation sites is 2. The van der Waals surface area contributed by atoms with E-state index in [9.17, 15) is 9.59 Å². The Kier molecular flexibility index (Phi) is 5.48. The van der Waals surface area contributed by atoms with Crippen LogP contribution in [0.1, 0.15) is 25.6 Å². The maximum atomic E-state index is 12.8. The number of benzene rings is 3. The van der Waals surface area contributed by atoms with Gasteiger partial charge in [0, 0.05) is 23.9 Å². The summed E-state index contributed by atoms with van der Waals surface area (Å²) in [7, 11) is 0. The molecule has 1 heterocycles. The molecule has 0 saturated carbocycles. The van der Waals surface area contributed by atoms with E-state index in [1.165, 1.54) is 13.8 Å². The van der Waals surface area contributed by atoms with E-state index < -0.39 is 0 Å². The van der Waals surface area contributed by atoms with E-state index in [2.05, 4.69) is 17.0 Å². The Morgan fingerprint density at radius 1 is 0.700 bits per heavy atom. The summed E-state index contributed by atoms with van der Waals surface area (Å²) in [4.78, 5) is 29.7. The zero-order chi connectivity index (χ0) is 21.1. The van der Waals surface area contributed by atoms with Crippen LogP contribution in [0, 0.1) is 0 Å². The van der Waals surface area contributed by atoms with Crippen LogP contribution in [-0.4, -0.2) is 18.1 Å². The molecule has 3 aromatic carbocycles. The van der Waals surface area contributed by atoms with Crippen molar-refractivity contribution in [3.63, 3.8) is 0 Å². The van der Waals surface area contributed by atoms with E-state index in [-0.39, 0.29) is 17.7 Å². The van der Waals surface area contributed by atoms with Gasteiger partial charge in [0.1, 0.15) is 6.17 Å². The Bertz CT molecular complexity index is 1080. The average Bonchev–Trinajstić information content (AvgIpc) is 2.79. The predicted octanol–water partition coefficient (Wildman–Crippen LogP) is 5.14.